The van der Waals surface area contributed by atoms with Crippen molar-refractivity contribution in [2.45, 2.75) is 32.2 Å². The molecule has 3 nitrogen and oxygen atoms in total. The first kappa shape index (κ1) is 13.7. The Morgan fingerprint density at radius 2 is 2.20 bits per heavy atom. The average molecular weight is 332 g/mol. The van der Waals surface area contributed by atoms with E-state index in [1.165, 1.54) is 12.8 Å². The summed E-state index contributed by atoms with van der Waals surface area (Å²) in [4.78, 5) is 9.32. The molecule has 0 saturated carbocycles. The molecule has 1 aromatic heterocycles. The Kier molecular flexibility index (Phi) is 4.13. The maximum absolute atomic E-state index is 4.74. The van der Waals surface area contributed by atoms with E-state index in [9.17, 15) is 0 Å². The van der Waals surface area contributed by atoms with Crippen LogP contribution in [-0.4, -0.2) is 22.6 Å². The number of hydrogen-bond acceptors (Lipinski definition) is 3. The second-order valence-electron chi connectivity index (χ2n) is 5.32. The van der Waals surface area contributed by atoms with Crippen LogP contribution < -0.4 is 5.32 Å². The van der Waals surface area contributed by atoms with Gasteiger partial charge in [-0.15, -0.1) is 0 Å². The summed E-state index contributed by atoms with van der Waals surface area (Å²) in [7, 11) is 0. The molecule has 1 unspecified atom stereocenters. The van der Waals surface area contributed by atoms with Crippen LogP contribution in [0.4, 0.5) is 0 Å². The minimum atomic E-state index is 0.534. The molecule has 0 spiro atoms. The first-order valence-corrected chi connectivity index (χ1v) is 7.84. The Labute approximate surface area is 128 Å². The van der Waals surface area contributed by atoms with Crippen LogP contribution in [0.15, 0.2) is 34.8 Å². The average Bonchev–Trinajstić information content (AvgIpc) is 2.91. The summed E-state index contributed by atoms with van der Waals surface area (Å²) in [6.45, 7) is 3.16. The first-order valence-electron chi connectivity index (χ1n) is 7.04. The molecule has 1 aliphatic rings. The summed E-state index contributed by atoms with van der Waals surface area (Å²) in [5, 5.41) is 3.51. The van der Waals surface area contributed by atoms with E-state index in [1.807, 2.05) is 25.1 Å². The molecule has 0 bridgehead atoms. The number of halogens is 1. The molecule has 1 atom stereocenters. The number of aromatic nitrogens is 2. The minimum Gasteiger partial charge on any atom is -0.314 e. The summed E-state index contributed by atoms with van der Waals surface area (Å²) >= 11 is 3.51. The zero-order valence-electron chi connectivity index (χ0n) is 11.6. The molecular formula is C16H18BrN3. The van der Waals surface area contributed by atoms with Gasteiger partial charge in [-0.1, -0.05) is 28.1 Å². The fraction of sp³-hybridized carbons (Fsp3) is 0.375. The minimum absolute atomic E-state index is 0.534. The van der Waals surface area contributed by atoms with E-state index in [4.69, 9.17) is 4.98 Å². The van der Waals surface area contributed by atoms with Crippen molar-refractivity contribution >= 4 is 15.9 Å². The van der Waals surface area contributed by atoms with E-state index in [0.29, 0.717) is 6.04 Å². The number of benzene rings is 1. The van der Waals surface area contributed by atoms with Crippen LogP contribution in [0.5, 0.6) is 0 Å². The van der Waals surface area contributed by atoms with E-state index in [1.54, 1.807) is 0 Å². The van der Waals surface area contributed by atoms with Crippen LogP contribution >= 0.6 is 15.9 Å². The van der Waals surface area contributed by atoms with Crippen LogP contribution in [0.2, 0.25) is 0 Å². The molecule has 1 saturated heterocycles. The van der Waals surface area contributed by atoms with Gasteiger partial charge in [0.15, 0.2) is 0 Å². The van der Waals surface area contributed by atoms with Gasteiger partial charge in [-0.05, 0) is 44.5 Å². The Morgan fingerprint density at radius 1 is 1.30 bits per heavy atom. The van der Waals surface area contributed by atoms with Crippen molar-refractivity contribution in [3.8, 4) is 11.3 Å². The van der Waals surface area contributed by atoms with Crippen molar-refractivity contribution in [3.05, 3.63) is 46.3 Å². The summed E-state index contributed by atoms with van der Waals surface area (Å²) in [5.74, 6) is 0.944. The molecule has 4 heteroatoms. The topological polar surface area (TPSA) is 37.8 Å². The third-order valence-corrected chi connectivity index (χ3v) is 4.11. The number of hydrogen-bond donors (Lipinski definition) is 1. The monoisotopic (exact) mass is 331 g/mol. The highest BCUT2D eigenvalue weighted by molar-refractivity contribution is 9.10. The Hall–Kier alpha value is -1.26. The van der Waals surface area contributed by atoms with Crippen molar-refractivity contribution in [3.63, 3.8) is 0 Å². The first-order chi connectivity index (χ1) is 9.70. The Bertz CT molecular complexity index is 606. The number of nitrogens with one attached hydrogen (secondary N) is 1. The molecular weight excluding hydrogens is 314 g/mol. The fourth-order valence-electron chi connectivity index (χ4n) is 2.67. The molecule has 0 amide bonds. The van der Waals surface area contributed by atoms with Gasteiger partial charge in [0.1, 0.15) is 5.82 Å². The predicted octanol–water partition coefficient (Wildman–Crippen LogP) is 3.51. The molecule has 1 aromatic carbocycles. The highest BCUT2D eigenvalue weighted by atomic mass is 79.9. The lowest BCUT2D eigenvalue weighted by Gasteiger charge is -2.11. The largest absolute Gasteiger partial charge is 0.314 e. The molecule has 2 aromatic rings. The second-order valence-corrected chi connectivity index (χ2v) is 6.23. The number of nitrogens with zero attached hydrogens (tertiary/aromatic N) is 2. The Balaban J connectivity index is 1.89. The zero-order chi connectivity index (χ0) is 13.9. The maximum atomic E-state index is 4.74. The Morgan fingerprint density at radius 3 is 2.95 bits per heavy atom. The number of rotatable bonds is 3. The standard InChI is InChI=1S/C16H18BrN3/c1-11-8-15(12-4-2-5-13(17)9-12)20-16(19-11)10-14-6-3-7-18-14/h2,4-5,8-9,14,18H,3,6-7,10H2,1H3. The van der Waals surface area contributed by atoms with E-state index in [2.05, 4.69) is 38.4 Å². The van der Waals surface area contributed by atoms with Crippen molar-refractivity contribution in [1.29, 1.82) is 0 Å². The third-order valence-electron chi connectivity index (χ3n) is 3.61. The maximum Gasteiger partial charge on any atom is 0.130 e. The van der Waals surface area contributed by atoms with E-state index < -0.39 is 0 Å². The van der Waals surface area contributed by atoms with Gasteiger partial charge in [0, 0.05) is 28.2 Å². The normalized spacial score (nSPS) is 18.4. The molecule has 3 rings (SSSR count). The lowest BCUT2D eigenvalue weighted by Crippen LogP contribution is -2.24. The highest BCUT2D eigenvalue weighted by Crippen LogP contribution is 2.22. The van der Waals surface area contributed by atoms with Gasteiger partial charge < -0.3 is 5.32 Å². The van der Waals surface area contributed by atoms with Gasteiger partial charge in [-0.25, -0.2) is 9.97 Å². The molecule has 2 heterocycles. The zero-order valence-corrected chi connectivity index (χ0v) is 13.2. The summed E-state index contributed by atoms with van der Waals surface area (Å²) in [5.41, 5.74) is 3.17. The summed E-state index contributed by atoms with van der Waals surface area (Å²) in [6.07, 6.45) is 3.40. The fourth-order valence-corrected chi connectivity index (χ4v) is 3.07. The van der Waals surface area contributed by atoms with Crippen LogP contribution in [0.1, 0.15) is 24.4 Å². The van der Waals surface area contributed by atoms with Crippen LogP contribution in [0.3, 0.4) is 0 Å². The molecule has 0 aliphatic carbocycles. The molecule has 104 valence electrons. The quantitative estimate of drug-likeness (QED) is 0.935. The lowest BCUT2D eigenvalue weighted by molar-refractivity contribution is 0.584. The predicted molar refractivity (Wildman–Crippen MR) is 84.6 cm³/mol. The van der Waals surface area contributed by atoms with Gasteiger partial charge >= 0.3 is 0 Å². The molecule has 1 fully saturated rings. The molecule has 1 N–H and O–H groups in total. The van der Waals surface area contributed by atoms with Crippen molar-refractivity contribution in [1.82, 2.24) is 15.3 Å². The van der Waals surface area contributed by atoms with Crippen LogP contribution in [0.25, 0.3) is 11.3 Å². The number of aryl methyl sites for hydroxylation is 1. The van der Waals surface area contributed by atoms with Gasteiger partial charge in [0.05, 0.1) is 5.69 Å². The van der Waals surface area contributed by atoms with E-state index >= 15 is 0 Å². The van der Waals surface area contributed by atoms with Crippen LogP contribution in [-0.2, 0) is 6.42 Å². The van der Waals surface area contributed by atoms with Gasteiger partial charge in [0.2, 0.25) is 0 Å². The summed E-state index contributed by atoms with van der Waals surface area (Å²) < 4.78 is 1.07. The molecule has 20 heavy (non-hydrogen) atoms. The SMILES string of the molecule is Cc1cc(-c2cccc(Br)c2)nc(CC2CCCN2)n1. The molecule has 1 aliphatic heterocycles. The highest BCUT2D eigenvalue weighted by Gasteiger charge is 2.16. The van der Waals surface area contributed by atoms with Gasteiger partial charge in [-0.3, -0.25) is 0 Å². The smallest absolute Gasteiger partial charge is 0.130 e. The second kappa shape index (κ2) is 6.02. The van der Waals surface area contributed by atoms with E-state index in [0.717, 1.165) is 40.2 Å². The van der Waals surface area contributed by atoms with Crippen molar-refractivity contribution < 1.29 is 0 Å². The van der Waals surface area contributed by atoms with Gasteiger partial charge in [-0.2, -0.15) is 0 Å². The van der Waals surface area contributed by atoms with Crippen molar-refractivity contribution in [2.24, 2.45) is 0 Å². The van der Waals surface area contributed by atoms with E-state index in [-0.39, 0.29) is 0 Å². The third kappa shape index (κ3) is 3.25. The van der Waals surface area contributed by atoms with Crippen molar-refractivity contribution in [2.75, 3.05) is 6.54 Å². The van der Waals surface area contributed by atoms with Crippen LogP contribution in [0, 0.1) is 6.92 Å². The molecule has 0 radical (unpaired) electrons. The lowest BCUT2D eigenvalue weighted by atomic mass is 10.1. The van der Waals surface area contributed by atoms with Gasteiger partial charge in [0.25, 0.3) is 0 Å². The summed E-state index contributed by atoms with van der Waals surface area (Å²) in [6, 6.07) is 10.8.